The number of ether oxygens (including phenoxy) is 2. The van der Waals surface area contributed by atoms with Gasteiger partial charge in [0.15, 0.2) is 0 Å². The van der Waals surface area contributed by atoms with Gasteiger partial charge in [-0.2, -0.15) is 0 Å². The number of carbonyl (C=O) groups is 1. The molecule has 0 unspecified atom stereocenters. The molecule has 0 aromatic heterocycles. The third-order valence-corrected chi connectivity index (χ3v) is 6.22. The first-order chi connectivity index (χ1) is 17.0. The second kappa shape index (κ2) is 12.0. The first kappa shape index (κ1) is 25.0. The molecular weight excluding hydrogens is 469 g/mol. The molecule has 1 N–H and O–H groups in total. The van der Waals surface area contributed by atoms with Crippen molar-refractivity contribution in [1.29, 1.82) is 0 Å². The Labute approximate surface area is 210 Å². The Morgan fingerprint density at radius 1 is 1.03 bits per heavy atom. The monoisotopic (exact) mass is 497 g/mol. The molecule has 3 aromatic carbocycles. The number of urea groups is 1. The van der Waals surface area contributed by atoms with E-state index in [9.17, 15) is 9.18 Å². The second-order valence-electron chi connectivity index (χ2n) is 8.43. The topological polar surface area (TPSA) is 54.0 Å². The Kier molecular flexibility index (Phi) is 8.58. The van der Waals surface area contributed by atoms with Gasteiger partial charge in [0.25, 0.3) is 0 Å². The highest BCUT2D eigenvalue weighted by Crippen LogP contribution is 2.25. The molecule has 35 heavy (non-hydrogen) atoms. The molecule has 6 nitrogen and oxygen atoms in total. The maximum Gasteiger partial charge on any atom is 0.321 e. The van der Waals surface area contributed by atoms with Gasteiger partial charge in [-0.25, -0.2) is 9.18 Å². The summed E-state index contributed by atoms with van der Waals surface area (Å²) in [7, 11) is 1.65. The fraction of sp³-hybridized carbons (Fsp3) is 0.296. The Bertz CT molecular complexity index is 1120. The average Bonchev–Trinajstić information content (AvgIpc) is 2.88. The molecule has 0 aliphatic carbocycles. The van der Waals surface area contributed by atoms with Crippen molar-refractivity contribution in [3.63, 3.8) is 0 Å². The lowest BCUT2D eigenvalue weighted by Gasteiger charge is -2.36. The number of halogens is 2. The molecule has 0 bridgehead atoms. The van der Waals surface area contributed by atoms with Gasteiger partial charge >= 0.3 is 6.03 Å². The van der Waals surface area contributed by atoms with Crippen molar-refractivity contribution in [3.8, 4) is 5.75 Å². The maximum absolute atomic E-state index is 13.1. The number of rotatable bonds is 8. The molecule has 3 aromatic rings. The van der Waals surface area contributed by atoms with Gasteiger partial charge in [0.05, 0.1) is 19.8 Å². The van der Waals surface area contributed by atoms with E-state index in [0.717, 1.165) is 30.0 Å². The molecule has 1 heterocycles. The highest BCUT2D eigenvalue weighted by molar-refractivity contribution is 6.30. The summed E-state index contributed by atoms with van der Waals surface area (Å²) in [6.45, 7) is 3.73. The molecule has 4 rings (SSSR count). The van der Waals surface area contributed by atoms with Crippen LogP contribution in [0.2, 0.25) is 5.02 Å². The minimum Gasteiger partial charge on any atom is -0.497 e. The van der Waals surface area contributed by atoms with Gasteiger partial charge in [-0.15, -0.1) is 0 Å². The molecule has 1 fully saturated rings. The van der Waals surface area contributed by atoms with E-state index in [1.54, 1.807) is 24.1 Å². The van der Waals surface area contributed by atoms with E-state index in [0.29, 0.717) is 37.0 Å². The third kappa shape index (κ3) is 7.18. The predicted molar refractivity (Wildman–Crippen MR) is 135 cm³/mol. The van der Waals surface area contributed by atoms with Crippen LogP contribution < -0.4 is 10.1 Å². The van der Waals surface area contributed by atoms with Crippen molar-refractivity contribution >= 4 is 23.3 Å². The van der Waals surface area contributed by atoms with Gasteiger partial charge in [0, 0.05) is 43.4 Å². The number of anilines is 1. The Hall–Kier alpha value is -3.13. The highest BCUT2D eigenvalue weighted by atomic mass is 35.5. The second-order valence-corrected chi connectivity index (χ2v) is 8.87. The first-order valence-corrected chi connectivity index (χ1v) is 11.9. The molecule has 0 radical (unpaired) electrons. The van der Waals surface area contributed by atoms with Crippen LogP contribution in [0.1, 0.15) is 17.2 Å². The van der Waals surface area contributed by atoms with Crippen molar-refractivity contribution in [2.75, 3.05) is 45.2 Å². The van der Waals surface area contributed by atoms with Gasteiger partial charge in [-0.05, 0) is 59.7 Å². The number of carbonyl (C=O) groups excluding carboxylic acids is 1. The Balaban J connectivity index is 1.36. The van der Waals surface area contributed by atoms with Gasteiger partial charge in [-0.1, -0.05) is 35.9 Å². The highest BCUT2D eigenvalue weighted by Gasteiger charge is 2.24. The van der Waals surface area contributed by atoms with Crippen LogP contribution in [-0.2, 0) is 11.3 Å². The lowest BCUT2D eigenvalue weighted by atomic mass is 10.1. The quantitative estimate of drug-likeness (QED) is 0.440. The molecule has 0 spiro atoms. The fourth-order valence-electron chi connectivity index (χ4n) is 4.02. The van der Waals surface area contributed by atoms with E-state index in [-0.39, 0.29) is 18.0 Å². The van der Waals surface area contributed by atoms with Gasteiger partial charge in [0.2, 0.25) is 0 Å². The molecule has 1 aliphatic heterocycles. The smallest absolute Gasteiger partial charge is 0.321 e. The molecule has 184 valence electrons. The SMILES string of the molecule is COc1cccc([C@H](CN2CCN(C(=O)Nc3ccc(F)cc3)CC2)OCc2cccc(Cl)c2)c1. The molecule has 8 heteroatoms. The summed E-state index contributed by atoms with van der Waals surface area (Å²) in [4.78, 5) is 16.7. The van der Waals surface area contributed by atoms with Gasteiger partial charge < -0.3 is 19.7 Å². The van der Waals surface area contributed by atoms with Crippen LogP contribution in [0, 0.1) is 5.82 Å². The molecular formula is C27H29ClFN3O3. The van der Waals surface area contributed by atoms with Crippen LogP contribution in [0.3, 0.4) is 0 Å². The zero-order valence-corrected chi connectivity index (χ0v) is 20.4. The maximum atomic E-state index is 13.1. The fourth-order valence-corrected chi connectivity index (χ4v) is 4.24. The summed E-state index contributed by atoms with van der Waals surface area (Å²) in [5.41, 5.74) is 2.61. The molecule has 1 aliphatic rings. The van der Waals surface area contributed by atoms with Crippen LogP contribution in [0.15, 0.2) is 72.8 Å². The van der Waals surface area contributed by atoms with E-state index >= 15 is 0 Å². The van der Waals surface area contributed by atoms with Crippen LogP contribution in [0.25, 0.3) is 0 Å². The summed E-state index contributed by atoms with van der Waals surface area (Å²) in [6, 6.07) is 21.1. The lowest BCUT2D eigenvalue weighted by molar-refractivity contribution is 0.00584. The summed E-state index contributed by atoms with van der Waals surface area (Å²) in [5, 5.41) is 3.51. The van der Waals surface area contributed by atoms with Crippen molar-refractivity contribution in [1.82, 2.24) is 9.80 Å². The molecule has 1 saturated heterocycles. The van der Waals surface area contributed by atoms with Crippen LogP contribution >= 0.6 is 11.6 Å². The minimum absolute atomic E-state index is 0.177. The molecule has 2 amide bonds. The van der Waals surface area contributed by atoms with Gasteiger partial charge in [0.1, 0.15) is 11.6 Å². The van der Waals surface area contributed by atoms with Crippen LogP contribution in [-0.4, -0.2) is 55.7 Å². The summed E-state index contributed by atoms with van der Waals surface area (Å²) >= 11 is 6.14. The number of hydrogen-bond donors (Lipinski definition) is 1. The molecule has 0 saturated carbocycles. The van der Waals surface area contributed by atoms with E-state index in [4.69, 9.17) is 21.1 Å². The summed E-state index contributed by atoms with van der Waals surface area (Å²) < 4.78 is 24.9. The number of benzene rings is 3. The van der Waals surface area contributed by atoms with E-state index in [2.05, 4.69) is 10.2 Å². The first-order valence-electron chi connectivity index (χ1n) is 11.5. The van der Waals surface area contributed by atoms with Crippen molar-refractivity contribution in [2.45, 2.75) is 12.7 Å². The van der Waals surface area contributed by atoms with E-state index in [1.807, 2.05) is 48.5 Å². The van der Waals surface area contributed by atoms with Crippen molar-refractivity contribution in [2.24, 2.45) is 0 Å². The standard InChI is InChI=1S/C27H29ClFN3O3/c1-34-25-7-3-5-21(17-25)26(35-19-20-4-2-6-22(28)16-20)18-31-12-14-32(15-13-31)27(33)30-24-10-8-23(29)9-11-24/h2-11,16-17,26H,12-15,18-19H2,1H3,(H,30,33)/t26-/m0/s1. The number of piperazine rings is 1. The lowest BCUT2D eigenvalue weighted by Crippen LogP contribution is -2.50. The van der Waals surface area contributed by atoms with Crippen LogP contribution in [0.5, 0.6) is 5.75 Å². The van der Waals surface area contributed by atoms with Crippen molar-refractivity contribution < 1.29 is 18.7 Å². The number of hydrogen-bond acceptors (Lipinski definition) is 4. The van der Waals surface area contributed by atoms with Crippen LogP contribution in [0.4, 0.5) is 14.9 Å². The Morgan fingerprint density at radius 3 is 2.49 bits per heavy atom. The summed E-state index contributed by atoms with van der Waals surface area (Å²) in [6.07, 6.45) is -0.177. The number of nitrogens with one attached hydrogen (secondary N) is 1. The minimum atomic E-state index is -0.334. The third-order valence-electron chi connectivity index (χ3n) is 5.98. The van der Waals surface area contributed by atoms with E-state index in [1.165, 1.54) is 12.1 Å². The summed E-state index contributed by atoms with van der Waals surface area (Å²) in [5.74, 6) is 0.445. The number of amides is 2. The predicted octanol–water partition coefficient (Wildman–Crippen LogP) is 5.60. The largest absolute Gasteiger partial charge is 0.497 e. The van der Waals surface area contributed by atoms with Gasteiger partial charge in [-0.3, -0.25) is 4.90 Å². The average molecular weight is 498 g/mol. The van der Waals surface area contributed by atoms with E-state index < -0.39 is 0 Å². The zero-order valence-electron chi connectivity index (χ0n) is 19.6. The number of nitrogens with zero attached hydrogens (tertiary/aromatic N) is 2. The zero-order chi connectivity index (χ0) is 24.6. The Morgan fingerprint density at radius 2 is 1.77 bits per heavy atom. The van der Waals surface area contributed by atoms with Crippen molar-refractivity contribution in [3.05, 3.63) is 94.8 Å². The molecule has 1 atom stereocenters. The normalized spacial score (nSPS) is 15.0. The number of methoxy groups -OCH3 is 1.